The van der Waals surface area contributed by atoms with E-state index in [-0.39, 0.29) is 5.91 Å². The lowest BCUT2D eigenvalue weighted by Gasteiger charge is -2.25. The fourth-order valence-corrected chi connectivity index (χ4v) is 3.50. The molecule has 1 aromatic carbocycles. The summed E-state index contributed by atoms with van der Waals surface area (Å²) in [5, 5.41) is 0. The summed E-state index contributed by atoms with van der Waals surface area (Å²) in [5.41, 5.74) is 7.19. The summed E-state index contributed by atoms with van der Waals surface area (Å²) < 4.78 is 0.840. The van der Waals surface area contributed by atoms with Gasteiger partial charge in [0.2, 0.25) is 0 Å². The Labute approximate surface area is 128 Å². The maximum absolute atomic E-state index is 12.6. The maximum atomic E-state index is 12.6. The molecule has 2 aliphatic heterocycles. The van der Waals surface area contributed by atoms with Crippen molar-refractivity contribution in [3.05, 3.63) is 28.2 Å². The summed E-state index contributed by atoms with van der Waals surface area (Å²) in [5.74, 6) is 0.109. The Kier molecular flexibility index (Phi) is 3.98. The molecule has 0 spiro atoms. The van der Waals surface area contributed by atoms with Crippen molar-refractivity contribution in [2.24, 2.45) is 0 Å². The molecule has 0 radical (unpaired) electrons. The molecule has 4 nitrogen and oxygen atoms in total. The van der Waals surface area contributed by atoms with Gasteiger partial charge in [0.1, 0.15) is 0 Å². The zero-order valence-corrected chi connectivity index (χ0v) is 13.1. The van der Waals surface area contributed by atoms with E-state index >= 15 is 0 Å². The normalized spacial score (nSPS) is 23.4. The van der Waals surface area contributed by atoms with Crippen LogP contribution in [0.25, 0.3) is 0 Å². The molecule has 20 heavy (non-hydrogen) atoms. The molecule has 0 aliphatic carbocycles. The first kappa shape index (κ1) is 13.9. The van der Waals surface area contributed by atoms with E-state index in [1.54, 1.807) is 6.07 Å². The number of anilines is 1. The molecule has 1 unspecified atom stereocenters. The first-order valence-corrected chi connectivity index (χ1v) is 8.03. The predicted octanol–water partition coefficient (Wildman–Crippen LogP) is 2.34. The van der Waals surface area contributed by atoms with Crippen LogP contribution in [0.4, 0.5) is 5.69 Å². The molecule has 2 saturated heterocycles. The fraction of sp³-hybridized carbons (Fsp3) is 0.533. The van der Waals surface area contributed by atoms with E-state index in [2.05, 4.69) is 20.8 Å². The van der Waals surface area contributed by atoms with Gasteiger partial charge >= 0.3 is 0 Å². The highest BCUT2D eigenvalue weighted by atomic mass is 79.9. The number of benzene rings is 1. The number of carbonyl (C=O) groups excluding carboxylic acids is 1. The van der Waals surface area contributed by atoms with Gasteiger partial charge in [0.05, 0.1) is 0 Å². The SMILES string of the molecule is Nc1cc(C(=O)N2CCCN3CCCC3C2)ccc1Br. The highest BCUT2D eigenvalue weighted by Crippen LogP contribution is 2.24. The Morgan fingerprint density at radius 1 is 1.25 bits per heavy atom. The molecule has 0 bridgehead atoms. The summed E-state index contributed by atoms with van der Waals surface area (Å²) in [6.45, 7) is 4.02. The molecule has 2 aliphatic rings. The molecule has 1 amide bonds. The number of nitrogen functional groups attached to an aromatic ring is 1. The highest BCUT2D eigenvalue weighted by Gasteiger charge is 2.30. The van der Waals surface area contributed by atoms with Crippen LogP contribution in [0.3, 0.4) is 0 Å². The van der Waals surface area contributed by atoms with Crippen LogP contribution in [0.15, 0.2) is 22.7 Å². The van der Waals surface area contributed by atoms with Gasteiger partial charge in [-0.2, -0.15) is 0 Å². The van der Waals surface area contributed by atoms with Gasteiger partial charge < -0.3 is 10.6 Å². The van der Waals surface area contributed by atoms with Gasteiger partial charge in [0, 0.05) is 41.4 Å². The lowest BCUT2D eigenvalue weighted by atomic mass is 10.1. The quantitative estimate of drug-likeness (QED) is 0.800. The van der Waals surface area contributed by atoms with Crippen LogP contribution in [-0.2, 0) is 0 Å². The van der Waals surface area contributed by atoms with Crippen molar-refractivity contribution >= 4 is 27.5 Å². The predicted molar refractivity (Wildman–Crippen MR) is 83.7 cm³/mol. The topological polar surface area (TPSA) is 49.6 Å². The maximum Gasteiger partial charge on any atom is 0.253 e. The standard InChI is InChI=1S/C15H20BrN3O/c16-13-5-4-11(9-14(13)17)15(20)19-8-2-7-18-6-1-3-12(18)10-19/h4-5,9,12H,1-3,6-8,10,17H2. The van der Waals surface area contributed by atoms with Gasteiger partial charge in [-0.1, -0.05) is 0 Å². The lowest BCUT2D eigenvalue weighted by Crippen LogP contribution is -2.39. The minimum Gasteiger partial charge on any atom is -0.398 e. The van der Waals surface area contributed by atoms with Gasteiger partial charge in [-0.3, -0.25) is 9.69 Å². The second kappa shape index (κ2) is 5.74. The molecule has 1 atom stereocenters. The van der Waals surface area contributed by atoms with Crippen LogP contribution >= 0.6 is 15.9 Å². The van der Waals surface area contributed by atoms with E-state index < -0.39 is 0 Å². The molecule has 2 heterocycles. The zero-order chi connectivity index (χ0) is 14.1. The Balaban J connectivity index is 1.77. The number of fused-ring (bicyclic) bond motifs is 1. The van der Waals surface area contributed by atoms with Gasteiger partial charge in [-0.05, 0) is 59.9 Å². The Hall–Kier alpha value is -1.07. The average Bonchev–Trinajstić information content (AvgIpc) is 2.78. The van der Waals surface area contributed by atoms with Crippen molar-refractivity contribution < 1.29 is 4.79 Å². The molecule has 5 heteroatoms. The van der Waals surface area contributed by atoms with Crippen molar-refractivity contribution in [2.75, 3.05) is 31.9 Å². The first-order valence-electron chi connectivity index (χ1n) is 7.23. The van der Waals surface area contributed by atoms with E-state index in [1.165, 1.54) is 19.4 Å². The monoisotopic (exact) mass is 337 g/mol. The highest BCUT2D eigenvalue weighted by molar-refractivity contribution is 9.10. The summed E-state index contributed by atoms with van der Waals surface area (Å²) >= 11 is 3.37. The van der Waals surface area contributed by atoms with E-state index in [1.807, 2.05) is 17.0 Å². The second-order valence-corrected chi connectivity index (χ2v) is 6.53. The number of nitrogens with zero attached hydrogens (tertiary/aromatic N) is 2. The number of hydrogen-bond donors (Lipinski definition) is 1. The smallest absolute Gasteiger partial charge is 0.253 e. The third-order valence-electron chi connectivity index (χ3n) is 4.33. The molecular formula is C15H20BrN3O. The van der Waals surface area contributed by atoms with Crippen LogP contribution in [0.2, 0.25) is 0 Å². The summed E-state index contributed by atoms with van der Waals surface area (Å²) in [6.07, 6.45) is 3.54. The molecule has 0 aromatic heterocycles. The fourth-order valence-electron chi connectivity index (χ4n) is 3.25. The second-order valence-electron chi connectivity index (χ2n) is 5.67. The van der Waals surface area contributed by atoms with Crippen LogP contribution in [0, 0.1) is 0 Å². The molecule has 1 aromatic rings. The van der Waals surface area contributed by atoms with Crippen molar-refractivity contribution in [1.82, 2.24) is 9.80 Å². The third-order valence-corrected chi connectivity index (χ3v) is 5.06. The number of amides is 1. The molecule has 3 rings (SSSR count). The number of rotatable bonds is 1. The number of halogens is 1. The molecule has 0 saturated carbocycles. The summed E-state index contributed by atoms with van der Waals surface area (Å²) in [7, 11) is 0. The van der Waals surface area contributed by atoms with Gasteiger partial charge in [-0.25, -0.2) is 0 Å². The average molecular weight is 338 g/mol. The van der Waals surface area contributed by atoms with Crippen molar-refractivity contribution in [3.8, 4) is 0 Å². The van der Waals surface area contributed by atoms with Crippen molar-refractivity contribution in [3.63, 3.8) is 0 Å². The van der Waals surface area contributed by atoms with E-state index in [0.29, 0.717) is 17.3 Å². The number of carbonyl (C=O) groups is 1. The zero-order valence-electron chi connectivity index (χ0n) is 11.5. The van der Waals surface area contributed by atoms with Crippen molar-refractivity contribution in [2.45, 2.75) is 25.3 Å². The van der Waals surface area contributed by atoms with Gasteiger partial charge in [0.25, 0.3) is 5.91 Å². The molecule has 2 fully saturated rings. The molecular weight excluding hydrogens is 318 g/mol. The minimum absolute atomic E-state index is 0.109. The Morgan fingerprint density at radius 2 is 2.05 bits per heavy atom. The third kappa shape index (κ3) is 2.69. The van der Waals surface area contributed by atoms with Crippen LogP contribution in [0.5, 0.6) is 0 Å². The van der Waals surface area contributed by atoms with E-state index in [9.17, 15) is 4.79 Å². The molecule has 2 N–H and O–H groups in total. The summed E-state index contributed by atoms with van der Waals surface area (Å²) in [6, 6.07) is 6.01. The van der Waals surface area contributed by atoms with Gasteiger partial charge in [0.15, 0.2) is 0 Å². The first-order chi connectivity index (χ1) is 9.65. The Bertz CT molecular complexity index is 520. The molecule has 108 valence electrons. The summed E-state index contributed by atoms with van der Waals surface area (Å²) in [4.78, 5) is 17.2. The van der Waals surface area contributed by atoms with Crippen LogP contribution in [-0.4, -0.2) is 47.9 Å². The largest absolute Gasteiger partial charge is 0.398 e. The number of nitrogens with two attached hydrogens (primary N) is 1. The minimum atomic E-state index is 0.109. The van der Waals surface area contributed by atoms with Gasteiger partial charge in [-0.15, -0.1) is 0 Å². The number of hydrogen-bond acceptors (Lipinski definition) is 3. The Morgan fingerprint density at radius 3 is 2.85 bits per heavy atom. The van der Waals surface area contributed by atoms with E-state index in [0.717, 1.165) is 30.5 Å². The van der Waals surface area contributed by atoms with Crippen molar-refractivity contribution in [1.29, 1.82) is 0 Å². The van der Waals surface area contributed by atoms with Crippen LogP contribution < -0.4 is 5.73 Å². The lowest BCUT2D eigenvalue weighted by molar-refractivity contribution is 0.0743. The van der Waals surface area contributed by atoms with Crippen LogP contribution in [0.1, 0.15) is 29.6 Å². The van der Waals surface area contributed by atoms with E-state index in [4.69, 9.17) is 5.73 Å².